The smallest absolute Gasteiger partial charge is 0.264 e. The molecular weight excluding hydrogens is 354 g/mol. The van der Waals surface area contributed by atoms with Gasteiger partial charge in [-0.1, -0.05) is 53.7 Å². The fourth-order valence-corrected chi connectivity index (χ4v) is 3.09. The first-order chi connectivity index (χ1) is 13.8. The fourth-order valence-electron chi connectivity index (χ4n) is 3.09. The molecule has 1 atom stereocenters. The number of para-hydroxylation sites is 1. The number of nitrogens with one attached hydrogen (secondary N) is 1. The summed E-state index contributed by atoms with van der Waals surface area (Å²) in [6.45, 7) is 1.00. The van der Waals surface area contributed by atoms with E-state index in [0.29, 0.717) is 26.0 Å². The number of pyridine rings is 1. The van der Waals surface area contributed by atoms with Gasteiger partial charge >= 0.3 is 0 Å². The molecule has 4 rings (SSSR count). The summed E-state index contributed by atoms with van der Waals surface area (Å²) in [5.74, 6) is 0.603. The zero-order valence-corrected chi connectivity index (χ0v) is 15.4. The van der Waals surface area contributed by atoms with Crippen molar-refractivity contribution in [2.24, 2.45) is 5.16 Å². The largest absolute Gasteiger partial charge is 0.491 e. The standard InChI is InChI=1S/C22H21N3O3/c26-22(20-15-18(25-28-20)16-7-2-1-3-8-16)24-13-6-14-27-19-11-4-9-17-10-5-12-23-21(17)19/h1-5,7-12,20H,6,13-15H2,(H,24,26). The van der Waals surface area contributed by atoms with E-state index in [1.165, 1.54) is 0 Å². The molecule has 0 spiro atoms. The van der Waals surface area contributed by atoms with Gasteiger partial charge in [0, 0.05) is 24.5 Å². The summed E-state index contributed by atoms with van der Waals surface area (Å²) in [5.41, 5.74) is 2.63. The molecule has 0 bridgehead atoms. The molecule has 2 aromatic carbocycles. The Morgan fingerprint density at radius 3 is 2.86 bits per heavy atom. The Hall–Kier alpha value is -3.41. The number of carbonyl (C=O) groups excluding carboxylic acids is 1. The van der Waals surface area contributed by atoms with Gasteiger partial charge in [0.2, 0.25) is 6.10 Å². The van der Waals surface area contributed by atoms with Crippen LogP contribution in [0, 0.1) is 0 Å². The molecule has 0 aliphatic carbocycles. The predicted molar refractivity (Wildman–Crippen MR) is 107 cm³/mol. The molecule has 6 nitrogen and oxygen atoms in total. The first kappa shape index (κ1) is 18.0. The number of rotatable bonds is 7. The van der Waals surface area contributed by atoms with Crippen LogP contribution in [0.5, 0.6) is 5.75 Å². The topological polar surface area (TPSA) is 72.8 Å². The summed E-state index contributed by atoms with van der Waals surface area (Å²) >= 11 is 0. The van der Waals surface area contributed by atoms with Gasteiger partial charge in [-0.05, 0) is 24.1 Å². The van der Waals surface area contributed by atoms with Gasteiger partial charge in [-0.15, -0.1) is 0 Å². The van der Waals surface area contributed by atoms with Crippen molar-refractivity contribution in [1.82, 2.24) is 10.3 Å². The minimum absolute atomic E-state index is 0.151. The normalized spacial score (nSPS) is 15.7. The van der Waals surface area contributed by atoms with Crippen LogP contribution in [0.2, 0.25) is 0 Å². The van der Waals surface area contributed by atoms with Gasteiger partial charge in [-0.25, -0.2) is 0 Å². The molecule has 1 N–H and O–H groups in total. The number of hydrogen-bond donors (Lipinski definition) is 1. The van der Waals surface area contributed by atoms with Gasteiger partial charge < -0.3 is 14.9 Å². The highest BCUT2D eigenvalue weighted by Gasteiger charge is 2.28. The quantitative estimate of drug-likeness (QED) is 0.643. The SMILES string of the molecule is O=C(NCCCOc1cccc2cccnc12)C1CC(c2ccccc2)=NO1. The van der Waals surface area contributed by atoms with Gasteiger partial charge in [0.1, 0.15) is 11.3 Å². The summed E-state index contributed by atoms with van der Waals surface area (Å²) < 4.78 is 5.83. The van der Waals surface area contributed by atoms with Gasteiger partial charge in [-0.3, -0.25) is 9.78 Å². The van der Waals surface area contributed by atoms with Crippen molar-refractivity contribution in [3.63, 3.8) is 0 Å². The lowest BCUT2D eigenvalue weighted by molar-refractivity contribution is -0.131. The number of fused-ring (bicyclic) bond motifs is 1. The van der Waals surface area contributed by atoms with Crippen LogP contribution in [0.1, 0.15) is 18.4 Å². The minimum Gasteiger partial charge on any atom is -0.491 e. The molecule has 0 fully saturated rings. The molecule has 1 unspecified atom stereocenters. The third-order valence-electron chi connectivity index (χ3n) is 4.54. The van der Waals surface area contributed by atoms with Crippen molar-refractivity contribution in [2.45, 2.75) is 18.9 Å². The highest BCUT2D eigenvalue weighted by Crippen LogP contribution is 2.23. The Balaban J connectivity index is 1.20. The van der Waals surface area contributed by atoms with Crippen molar-refractivity contribution in [1.29, 1.82) is 0 Å². The highest BCUT2D eigenvalue weighted by atomic mass is 16.6. The zero-order valence-electron chi connectivity index (χ0n) is 15.4. The van der Waals surface area contributed by atoms with Crippen molar-refractivity contribution < 1.29 is 14.4 Å². The van der Waals surface area contributed by atoms with E-state index in [9.17, 15) is 4.79 Å². The molecule has 3 aromatic rings. The Morgan fingerprint density at radius 2 is 1.96 bits per heavy atom. The molecule has 142 valence electrons. The van der Waals surface area contributed by atoms with E-state index in [-0.39, 0.29) is 5.91 Å². The van der Waals surface area contributed by atoms with Crippen LogP contribution in [-0.4, -0.2) is 35.9 Å². The second-order valence-electron chi connectivity index (χ2n) is 6.53. The number of carbonyl (C=O) groups is 1. The van der Waals surface area contributed by atoms with E-state index in [4.69, 9.17) is 9.57 Å². The monoisotopic (exact) mass is 375 g/mol. The molecule has 6 heteroatoms. The molecular formula is C22H21N3O3. The van der Waals surface area contributed by atoms with E-state index < -0.39 is 6.10 Å². The average Bonchev–Trinajstić information content (AvgIpc) is 3.25. The zero-order chi connectivity index (χ0) is 19.2. The van der Waals surface area contributed by atoms with Crippen LogP contribution >= 0.6 is 0 Å². The minimum atomic E-state index is -0.571. The summed E-state index contributed by atoms with van der Waals surface area (Å²) in [7, 11) is 0. The second-order valence-corrected chi connectivity index (χ2v) is 6.53. The van der Waals surface area contributed by atoms with Gasteiger partial charge in [0.15, 0.2) is 0 Å². The summed E-state index contributed by atoms with van der Waals surface area (Å²) in [6, 6.07) is 19.5. The van der Waals surface area contributed by atoms with Crippen LogP contribution in [-0.2, 0) is 9.63 Å². The summed E-state index contributed by atoms with van der Waals surface area (Å²) in [4.78, 5) is 21.9. The highest BCUT2D eigenvalue weighted by molar-refractivity contribution is 6.04. The maximum Gasteiger partial charge on any atom is 0.264 e. The first-order valence-corrected chi connectivity index (χ1v) is 9.33. The summed E-state index contributed by atoms with van der Waals surface area (Å²) in [6.07, 6.45) is 2.35. The van der Waals surface area contributed by atoms with E-state index in [2.05, 4.69) is 15.5 Å². The van der Waals surface area contributed by atoms with Crippen LogP contribution in [0.3, 0.4) is 0 Å². The van der Waals surface area contributed by atoms with Crippen molar-refractivity contribution >= 4 is 22.5 Å². The maximum atomic E-state index is 12.3. The number of nitrogens with zero attached hydrogens (tertiary/aromatic N) is 2. The molecule has 1 amide bonds. The molecule has 0 saturated heterocycles. The number of ether oxygens (including phenoxy) is 1. The molecule has 0 saturated carbocycles. The molecule has 1 aliphatic heterocycles. The third-order valence-corrected chi connectivity index (χ3v) is 4.54. The van der Waals surface area contributed by atoms with Crippen molar-refractivity contribution in [2.75, 3.05) is 13.2 Å². The lowest BCUT2D eigenvalue weighted by atomic mass is 10.0. The number of hydrogen-bond acceptors (Lipinski definition) is 5. The molecule has 2 heterocycles. The summed E-state index contributed by atoms with van der Waals surface area (Å²) in [5, 5.41) is 7.98. The predicted octanol–water partition coefficient (Wildman–Crippen LogP) is 3.31. The molecule has 1 aromatic heterocycles. The van der Waals surface area contributed by atoms with Crippen molar-refractivity contribution in [3.05, 3.63) is 72.4 Å². The Bertz CT molecular complexity index is 983. The lowest BCUT2D eigenvalue weighted by Crippen LogP contribution is -2.35. The van der Waals surface area contributed by atoms with Gasteiger partial charge in [-0.2, -0.15) is 0 Å². The van der Waals surface area contributed by atoms with Crippen LogP contribution in [0.15, 0.2) is 72.0 Å². The van der Waals surface area contributed by atoms with Gasteiger partial charge in [0.25, 0.3) is 5.91 Å². The second kappa shape index (κ2) is 8.52. The fraction of sp³-hybridized carbons (Fsp3) is 0.227. The van der Waals surface area contributed by atoms with Crippen LogP contribution in [0.25, 0.3) is 10.9 Å². The lowest BCUT2D eigenvalue weighted by Gasteiger charge is -2.11. The van der Waals surface area contributed by atoms with E-state index in [1.54, 1.807) is 6.20 Å². The number of benzene rings is 2. The molecule has 1 aliphatic rings. The van der Waals surface area contributed by atoms with E-state index in [1.807, 2.05) is 60.7 Å². The Labute approximate surface area is 163 Å². The number of aromatic nitrogens is 1. The Morgan fingerprint density at radius 1 is 1.11 bits per heavy atom. The van der Waals surface area contributed by atoms with Crippen LogP contribution < -0.4 is 10.1 Å². The van der Waals surface area contributed by atoms with E-state index in [0.717, 1.165) is 27.9 Å². The molecule has 0 radical (unpaired) electrons. The Kier molecular flexibility index (Phi) is 5.47. The van der Waals surface area contributed by atoms with Crippen LogP contribution in [0.4, 0.5) is 0 Å². The van der Waals surface area contributed by atoms with E-state index >= 15 is 0 Å². The average molecular weight is 375 g/mol. The van der Waals surface area contributed by atoms with Crippen molar-refractivity contribution in [3.8, 4) is 5.75 Å². The third kappa shape index (κ3) is 4.11. The first-order valence-electron chi connectivity index (χ1n) is 9.33. The van der Waals surface area contributed by atoms with Gasteiger partial charge in [0.05, 0.1) is 12.3 Å². The number of amides is 1. The number of oxime groups is 1. The molecule has 28 heavy (non-hydrogen) atoms. The maximum absolute atomic E-state index is 12.3.